The van der Waals surface area contributed by atoms with Crippen molar-refractivity contribution >= 4 is 21.6 Å². The number of anilines is 1. The van der Waals surface area contributed by atoms with Crippen LogP contribution in [0, 0.1) is 6.92 Å². The van der Waals surface area contributed by atoms with Crippen LogP contribution >= 0.6 is 0 Å². The number of carbonyl (C=O) groups excluding carboxylic acids is 1. The lowest BCUT2D eigenvalue weighted by Gasteiger charge is -2.14. The quantitative estimate of drug-likeness (QED) is 0.852. The Morgan fingerprint density at radius 2 is 1.83 bits per heavy atom. The summed E-state index contributed by atoms with van der Waals surface area (Å²) in [6.07, 6.45) is 0. The Labute approximate surface area is 135 Å². The van der Waals surface area contributed by atoms with Crippen LogP contribution in [0.1, 0.15) is 15.9 Å². The highest BCUT2D eigenvalue weighted by atomic mass is 32.2. The number of nitrogens with zero attached hydrogens (tertiary/aromatic N) is 1. The monoisotopic (exact) mass is 334 g/mol. The molecule has 0 bridgehead atoms. The number of rotatable bonds is 5. The van der Waals surface area contributed by atoms with Gasteiger partial charge < -0.3 is 0 Å². The van der Waals surface area contributed by atoms with Crippen LogP contribution in [0.5, 0.6) is 0 Å². The smallest absolute Gasteiger partial charge is 0.277 e. The van der Waals surface area contributed by atoms with Crippen molar-refractivity contribution in [3.63, 3.8) is 0 Å². The van der Waals surface area contributed by atoms with Gasteiger partial charge >= 0.3 is 0 Å². The highest BCUT2D eigenvalue weighted by Crippen LogP contribution is 2.18. The Balaban J connectivity index is 2.32. The second kappa shape index (κ2) is 6.80. The minimum absolute atomic E-state index is 0.00867. The predicted octanol–water partition coefficient (Wildman–Crippen LogP) is 2.43. The van der Waals surface area contributed by atoms with Gasteiger partial charge in [0, 0.05) is 18.3 Å². The van der Waals surface area contributed by atoms with E-state index in [2.05, 4.69) is 4.72 Å². The molecule has 0 aliphatic heterocycles. The molecule has 2 rings (SSSR count). The fourth-order valence-corrected chi connectivity index (χ4v) is 3.08. The maximum Gasteiger partial charge on any atom is 0.277 e. The molecule has 0 aromatic heterocycles. The van der Waals surface area contributed by atoms with Crippen LogP contribution in [0.2, 0.25) is 0 Å². The predicted molar refractivity (Wildman–Crippen MR) is 87.5 cm³/mol. The van der Waals surface area contributed by atoms with E-state index in [-0.39, 0.29) is 10.5 Å². The molecule has 0 heterocycles. The average Bonchev–Trinajstić information content (AvgIpc) is 2.53. The van der Waals surface area contributed by atoms with E-state index < -0.39 is 15.9 Å². The van der Waals surface area contributed by atoms with Crippen LogP contribution in [0.25, 0.3) is 0 Å². The molecular formula is C16H18N2O4S. The maximum atomic E-state index is 12.5. The Hall–Kier alpha value is -2.38. The van der Waals surface area contributed by atoms with Crippen molar-refractivity contribution in [2.75, 3.05) is 18.9 Å². The molecule has 1 amide bonds. The number of hydrogen-bond donors (Lipinski definition) is 1. The first-order valence-electron chi connectivity index (χ1n) is 6.85. The van der Waals surface area contributed by atoms with Crippen LogP contribution < -0.4 is 4.72 Å². The number of aryl methyl sites for hydroxylation is 1. The van der Waals surface area contributed by atoms with Crippen LogP contribution in [0.15, 0.2) is 53.4 Å². The molecular weight excluding hydrogens is 316 g/mol. The largest absolute Gasteiger partial charge is 0.280 e. The Bertz CT molecular complexity index is 818. The summed E-state index contributed by atoms with van der Waals surface area (Å²) < 4.78 is 27.4. The van der Waals surface area contributed by atoms with Gasteiger partial charge in [-0.2, -0.15) is 0 Å². The van der Waals surface area contributed by atoms with Gasteiger partial charge in [-0.3, -0.25) is 14.4 Å². The summed E-state index contributed by atoms with van der Waals surface area (Å²) in [7, 11) is -0.968. The number of nitrogens with one attached hydrogen (secondary N) is 1. The third kappa shape index (κ3) is 4.08. The number of carbonyl (C=O) groups is 1. The SMILES string of the molecule is CON(C)C(=O)c1cccc(S(=O)(=O)Nc2cccc(C)c2)c1. The first-order valence-corrected chi connectivity index (χ1v) is 8.33. The van der Waals surface area contributed by atoms with E-state index in [9.17, 15) is 13.2 Å². The van der Waals surface area contributed by atoms with Gasteiger partial charge in [-0.25, -0.2) is 13.5 Å². The molecule has 0 radical (unpaired) electrons. The molecule has 6 nitrogen and oxygen atoms in total. The van der Waals surface area contributed by atoms with E-state index in [1.807, 2.05) is 13.0 Å². The van der Waals surface area contributed by atoms with E-state index in [1.165, 1.54) is 38.4 Å². The lowest BCUT2D eigenvalue weighted by Crippen LogP contribution is -2.25. The summed E-state index contributed by atoms with van der Waals surface area (Å²) in [5, 5.41) is 1.03. The second-order valence-corrected chi connectivity index (χ2v) is 6.67. The van der Waals surface area contributed by atoms with Crippen molar-refractivity contribution in [2.45, 2.75) is 11.8 Å². The molecule has 2 aromatic rings. The molecule has 0 aliphatic rings. The van der Waals surface area contributed by atoms with E-state index in [0.717, 1.165) is 10.6 Å². The molecule has 0 spiro atoms. The number of hydroxylamine groups is 2. The molecule has 0 fully saturated rings. The van der Waals surface area contributed by atoms with E-state index in [4.69, 9.17) is 4.84 Å². The zero-order valence-electron chi connectivity index (χ0n) is 13.1. The van der Waals surface area contributed by atoms with Crippen molar-refractivity contribution in [1.29, 1.82) is 0 Å². The molecule has 0 saturated heterocycles. The summed E-state index contributed by atoms with van der Waals surface area (Å²) in [6, 6.07) is 12.8. The molecule has 1 N–H and O–H groups in total. The Morgan fingerprint density at radius 3 is 2.48 bits per heavy atom. The summed E-state index contributed by atoms with van der Waals surface area (Å²) in [5.74, 6) is -0.430. The summed E-state index contributed by atoms with van der Waals surface area (Å²) in [5.41, 5.74) is 1.63. The first kappa shape index (κ1) is 17.0. The highest BCUT2D eigenvalue weighted by Gasteiger charge is 2.18. The number of hydrogen-bond acceptors (Lipinski definition) is 4. The van der Waals surface area contributed by atoms with Gasteiger partial charge in [-0.1, -0.05) is 18.2 Å². The first-order chi connectivity index (χ1) is 10.8. The lowest BCUT2D eigenvalue weighted by molar-refractivity contribution is -0.0757. The zero-order valence-corrected chi connectivity index (χ0v) is 13.9. The van der Waals surface area contributed by atoms with Crippen LogP contribution in [0.3, 0.4) is 0 Å². The second-order valence-electron chi connectivity index (χ2n) is 4.99. The van der Waals surface area contributed by atoms with Gasteiger partial charge in [0.25, 0.3) is 15.9 Å². The van der Waals surface area contributed by atoms with Crippen molar-refractivity contribution in [3.8, 4) is 0 Å². The molecule has 23 heavy (non-hydrogen) atoms. The van der Waals surface area contributed by atoms with E-state index >= 15 is 0 Å². The van der Waals surface area contributed by atoms with Gasteiger partial charge in [0.15, 0.2) is 0 Å². The summed E-state index contributed by atoms with van der Waals surface area (Å²) in [6.45, 7) is 1.87. The van der Waals surface area contributed by atoms with E-state index in [1.54, 1.807) is 18.2 Å². The molecule has 0 atom stereocenters. The van der Waals surface area contributed by atoms with E-state index in [0.29, 0.717) is 5.69 Å². The molecule has 0 aliphatic carbocycles. The molecule has 7 heteroatoms. The number of amides is 1. The Kier molecular flexibility index (Phi) is 5.02. The molecule has 122 valence electrons. The van der Waals surface area contributed by atoms with Crippen LogP contribution in [0.4, 0.5) is 5.69 Å². The average molecular weight is 334 g/mol. The third-order valence-corrected chi connectivity index (χ3v) is 4.60. The molecule has 0 unspecified atom stereocenters. The van der Waals surface area contributed by atoms with Crippen LogP contribution in [-0.4, -0.2) is 33.5 Å². The number of benzene rings is 2. The highest BCUT2D eigenvalue weighted by molar-refractivity contribution is 7.92. The maximum absolute atomic E-state index is 12.5. The zero-order chi connectivity index (χ0) is 17.0. The molecule has 2 aromatic carbocycles. The lowest BCUT2D eigenvalue weighted by atomic mass is 10.2. The third-order valence-electron chi connectivity index (χ3n) is 3.22. The van der Waals surface area contributed by atoms with Gasteiger partial charge in [0.1, 0.15) is 0 Å². The minimum Gasteiger partial charge on any atom is -0.280 e. The normalized spacial score (nSPS) is 11.1. The van der Waals surface area contributed by atoms with Gasteiger partial charge in [0.05, 0.1) is 12.0 Å². The van der Waals surface area contributed by atoms with Crippen molar-refractivity contribution < 1.29 is 18.0 Å². The van der Waals surface area contributed by atoms with Gasteiger partial charge in [-0.15, -0.1) is 0 Å². The topological polar surface area (TPSA) is 75.7 Å². The fraction of sp³-hybridized carbons (Fsp3) is 0.188. The minimum atomic E-state index is -3.78. The van der Waals surface area contributed by atoms with Gasteiger partial charge in [-0.05, 0) is 42.8 Å². The fourth-order valence-electron chi connectivity index (χ4n) is 1.98. The van der Waals surface area contributed by atoms with Crippen molar-refractivity contribution in [3.05, 3.63) is 59.7 Å². The summed E-state index contributed by atoms with van der Waals surface area (Å²) >= 11 is 0. The summed E-state index contributed by atoms with van der Waals surface area (Å²) in [4.78, 5) is 16.9. The number of sulfonamides is 1. The van der Waals surface area contributed by atoms with Crippen LogP contribution in [-0.2, 0) is 14.9 Å². The van der Waals surface area contributed by atoms with Crippen molar-refractivity contribution in [1.82, 2.24) is 5.06 Å². The molecule has 0 saturated carbocycles. The van der Waals surface area contributed by atoms with Gasteiger partial charge in [0.2, 0.25) is 0 Å². The Morgan fingerprint density at radius 1 is 1.13 bits per heavy atom. The van der Waals surface area contributed by atoms with Crippen molar-refractivity contribution in [2.24, 2.45) is 0 Å². The standard InChI is InChI=1S/C16H18N2O4S/c1-12-6-4-8-14(10-12)17-23(20,21)15-9-5-7-13(11-15)16(19)18(2)22-3/h4-11,17H,1-3H3.